The molecule has 5 heteroatoms. The number of imidazole rings is 1. The van der Waals surface area contributed by atoms with Crippen LogP contribution in [0.4, 0.5) is 0 Å². The number of aromatic nitrogens is 2. The Morgan fingerprint density at radius 3 is 2.50 bits per heavy atom. The van der Waals surface area contributed by atoms with Crippen molar-refractivity contribution in [1.82, 2.24) is 4.57 Å². The minimum atomic E-state index is -0.639. The zero-order chi connectivity index (χ0) is 15.9. The normalized spacial score (nSPS) is 17.0. The summed E-state index contributed by atoms with van der Waals surface area (Å²) < 4.78 is 9.64. The summed E-state index contributed by atoms with van der Waals surface area (Å²) in [7, 11) is 6.01. The lowest BCUT2D eigenvalue weighted by Gasteiger charge is -2.30. The molecular weight excluding hydrogens is 275 g/mol. The number of hydrogen-bond acceptors (Lipinski definition) is 2. The van der Waals surface area contributed by atoms with E-state index in [4.69, 9.17) is 4.74 Å². The first-order valence-electron chi connectivity index (χ1n) is 7.29. The van der Waals surface area contributed by atoms with Gasteiger partial charge in [-0.05, 0) is 19.4 Å². The molecule has 0 spiro atoms. The van der Waals surface area contributed by atoms with Crippen LogP contribution >= 0.6 is 0 Å². The monoisotopic (exact) mass is 294 g/mol. The van der Waals surface area contributed by atoms with E-state index < -0.39 is 5.60 Å². The molecule has 112 valence electrons. The van der Waals surface area contributed by atoms with Gasteiger partial charge in [0.2, 0.25) is 0 Å². The van der Waals surface area contributed by atoms with E-state index in [1.807, 2.05) is 87.1 Å². The van der Waals surface area contributed by atoms with Gasteiger partial charge in [-0.15, -0.1) is 7.28 Å². The Kier molecular flexibility index (Phi) is 3.43. The molecule has 2 aromatic rings. The van der Waals surface area contributed by atoms with Gasteiger partial charge in [0.05, 0.1) is 19.7 Å². The van der Waals surface area contributed by atoms with Gasteiger partial charge in [-0.2, -0.15) is 0 Å². The third-order valence-corrected chi connectivity index (χ3v) is 4.04. The van der Waals surface area contributed by atoms with Crippen LogP contribution in [0.15, 0.2) is 48.2 Å². The first-order chi connectivity index (χ1) is 10.4. The molecule has 0 atom stereocenters. The highest BCUT2D eigenvalue weighted by Gasteiger charge is 2.34. The molecule has 2 heterocycles. The van der Waals surface area contributed by atoms with Gasteiger partial charge in [-0.3, -0.25) is 9.13 Å². The standard InChI is InChI=1S/C17H19BN2O2/c1-17(2)14(18-16-19(3)10-11-20(16)4)13(15(21)22-17)12-8-6-5-7-9-12/h5-11H,1-4H3. The van der Waals surface area contributed by atoms with Crippen LogP contribution in [0.25, 0.3) is 5.57 Å². The highest BCUT2D eigenvalue weighted by molar-refractivity contribution is 6.62. The van der Waals surface area contributed by atoms with Crippen LogP contribution in [0.1, 0.15) is 19.4 Å². The van der Waals surface area contributed by atoms with Crippen LogP contribution in [0.3, 0.4) is 0 Å². The molecule has 0 aliphatic carbocycles. The SMILES string of the molecule is Cn1cc[n+](C)c1[B-]C1=C(c2ccccc2)C(=O)OC1(C)C. The average molecular weight is 294 g/mol. The number of ether oxygens (including phenoxy) is 1. The Morgan fingerprint density at radius 2 is 1.91 bits per heavy atom. The molecule has 2 radical (unpaired) electrons. The lowest BCUT2D eigenvalue weighted by atomic mass is 9.60. The summed E-state index contributed by atoms with van der Waals surface area (Å²) >= 11 is 0. The largest absolute Gasteiger partial charge is 0.455 e. The molecular formula is C17H19BN2O2. The van der Waals surface area contributed by atoms with E-state index in [1.165, 1.54) is 0 Å². The van der Waals surface area contributed by atoms with Gasteiger partial charge in [0.25, 0.3) is 0 Å². The minimum Gasteiger partial charge on any atom is -0.455 e. The van der Waals surface area contributed by atoms with Crippen molar-refractivity contribution in [2.75, 3.05) is 0 Å². The van der Waals surface area contributed by atoms with Crippen LogP contribution in [0.5, 0.6) is 0 Å². The zero-order valence-corrected chi connectivity index (χ0v) is 13.3. The topological polar surface area (TPSA) is 35.1 Å². The van der Waals surface area contributed by atoms with Crippen molar-refractivity contribution in [2.45, 2.75) is 19.4 Å². The third-order valence-electron chi connectivity index (χ3n) is 4.04. The molecule has 4 nitrogen and oxygen atoms in total. The molecule has 0 N–H and O–H groups in total. The Labute approximate surface area is 131 Å². The maximum absolute atomic E-state index is 12.4. The fraction of sp³-hybridized carbons (Fsp3) is 0.294. The second-order valence-corrected chi connectivity index (χ2v) is 6.08. The van der Waals surface area contributed by atoms with Crippen molar-refractivity contribution in [1.29, 1.82) is 0 Å². The maximum atomic E-state index is 12.4. The van der Waals surface area contributed by atoms with Crippen molar-refractivity contribution in [3.8, 4) is 0 Å². The van der Waals surface area contributed by atoms with Gasteiger partial charge in [0, 0.05) is 11.3 Å². The van der Waals surface area contributed by atoms with Crippen molar-refractivity contribution in [3.05, 3.63) is 53.8 Å². The number of nitrogens with zero attached hydrogens (tertiary/aromatic N) is 2. The number of carbonyl (C=O) groups excluding carboxylic acids is 1. The van der Waals surface area contributed by atoms with Gasteiger partial charge >= 0.3 is 5.97 Å². The molecule has 0 saturated heterocycles. The Morgan fingerprint density at radius 1 is 1.23 bits per heavy atom. The second kappa shape index (κ2) is 5.16. The van der Waals surface area contributed by atoms with Gasteiger partial charge in [-0.1, -0.05) is 30.3 Å². The molecule has 1 aliphatic rings. The highest BCUT2D eigenvalue weighted by atomic mass is 16.6. The van der Waals surface area contributed by atoms with E-state index in [1.54, 1.807) is 0 Å². The Bertz CT molecular complexity index is 741. The van der Waals surface area contributed by atoms with Gasteiger partial charge < -0.3 is 4.74 Å². The number of carbonyl (C=O) groups is 1. The van der Waals surface area contributed by atoms with Crippen molar-refractivity contribution in [2.24, 2.45) is 14.1 Å². The summed E-state index contributed by atoms with van der Waals surface area (Å²) in [6.07, 6.45) is 3.97. The second-order valence-electron chi connectivity index (χ2n) is 6.08. The molecule has 0 amide bonds. The maximum Gasteiger partial charge on any atom is 0.335 e. The number of rotatable bonds is 3. The van der Waals surface area contributed by atoms with Crippen LogP contribution in [-0.4, -0.2) is 23.4 Å². The summed E-state index contributed by atoms with van der Waals surface area (Å²) in [6.45, 7) is 3.85. The summed E-state index contributed by atoms with van der Waals surface area (Å²) in [6, 6.07) is 9.69. The first-order valence-corrected chi connectivity index (χ1v) is 7.29. The quantitative estimate of drug-likeness (QED) is 0.479. The molecule has 1 aromatic heterocycles. The Balaban J connectivity index is 2.14. The molecule has 0 bridgehead atoms. The lowest BCUT2D eigenvalue weighted by molar-refractivity contribution is -0.652. The van der Waals surface area contributed by atoms with E-state index in [0.717, 1.165) is 16.8 Å². The van der Waals surface area contributed by atoms with Crippen molar-refractivity contribution >= 4 is 24.5 Å². The molecule has 0 unspecified atom stereocenters. The fourth-order valence-corrected chi connectivity index (χ4v) is 2.81. The third kappa shape index (κ3) is 2.37. The van der Waals surface area contributed by atoms with E-state index in [-0.39, 0.29) is 5.97 Å². The molecule has 1 aromatic carbocycles. The van der Waals surface area contributed by atoms with E-state index >= 15 is 0 Å². The number of aryl methyl sites for hydroxylation is 2. The number of benzene rings is 1. The molecule has 0 fully saturated rings. The summed E-state index contributed by atoms with van der Waals surface area (Å²) in [4.78, 5) is 12.4. The number of cyclic esters (lactones) is 1. The van der Waals surface area contributed by atoms with Crippen molar-refractivity contribution in [3.63, 3.8) is 0 Å². The average Bonchev–Trinajstić information content (AvgIpc) is 2.90. The lowest BCUT2D eigenvalue weighted by Crippen LogP contribution is -2.51. The molecule has 1 aliphatic heterocycles. The number of esters is 1. The van der Waals surface area contributed by atoms with Gasteiger partial charge in [0.1, 0.15) is 12.4 Å². The molecule has 0 saturated carbocycles. The van der Waals surface area contributed by atoms with Gasteiger partial charge in [0.15, 0.2) is 0 Å². The Hall–Kier alpha value is -2.30. The predicted octanol–water partition coefficient (Wildman–Crippen LogP) is 0.926. The smallest absolute Gasteiger partial charge is 0.335 e. The number of hydrogen-bond donors (Lipinski definition) is 0. The van der Waals surface area contributed by atoms with Crippen LogP contribution in [-0.2, 0) is 23.6 Å². The fourth-order valence-electron chi connectivity index (χ4n) is 2.81. The summed E-state index contributed by atoms with van der Waals surface area (Å²) in [5.41, 5.74) is 2.81. The van der Waals surface area contributed by atoms with Crippen LogP contribution in [0, 0.1) is 0 Å². The summed E-state index contributed by atoms with van der Waals surface area (Å²) in [5.74, 6) is -0.265. The van der Waals surface area contributed by atoms with Crippen LogP contribution in [0.2, 0.25) is 0 Å². The first kappa shape index (κ1) is 14.6. The predicted molar refractivity (Wildman–Crippen MR) is 85.5 cm³/mol. The van der Waals surface area contributed by atoms with Crippen LogP contribution < -0.4 is 10.3 Å². The van der Waals surface area contributed by atoms with E-state index in [9.17, 15) is 4.79 Å². The summed E-state index contributed by atoms with van der Waals surface area (Å²) in [5, 5.41) is 0. The molecule has 3 rings (SSSR count). The minimum absolute atomic E-state index is 0.265. The molecule has 22 heavy (non-hydrogen) atoms. The van der Waals surface area contributed by atoms with Gasteiger partial charge in [-0.25, -0.2) is 10.3 Å². The van der Waals surface area contributed by atoms with E-state index in [2.05, 4.69) is 0 Å². The van der Waals surface area contributed by atoms with E-state index in [0.29, 0.717) is 5.57 Å². The van der Waals surface area contributed by atoms with Crippen molar-refractivity contribution < 1.29 is 14.1 Å². The zero-order valence-electron chi connectivity index (χ0n) is 13.3. The highest BCUT2D eigenvalue weighted by Crippen LogP contribution is 2.36.